The molecule has 2 rings (SSSR count). The number of hydrogen-bond donors (Lipinski definition) is 1. The van der Waals surface area contributed by atoms with Crippen LogP contribution in [0, 0.1) is 11.8 Å². The first-order valence-corrected chi connectivity index (χ1v) is 8.03. The average Bonchev–Trinajstić information content (AvgIpc) is 2.61. The second-order valence-electron chi connectivity index (χ2n) is 6.58. The SMILES string of the molecule is CC1CCCCC1N[C@@H](C)C1CCCCCC1. The van der Waals surface area contributed by atoms with Gasteiger partial charge in [-0.15, -0.1) is 0 Å². The van der Waals surface area contributed by atoms with Gasteiger partial charge in [0.25, 0.3) is 0 Å². The molecule has 0 aromatic rings. The number of hydrogen-bond acceptors (Lipinski definition) is 1. The van der Waals surface area contributed by atoms with Crippen LogP contribution in [0.2, 0.25) is 0 Å². The summed E-state index contributed by atoms with van der Waals surface area (Å²) < 4.78 is 0. The summed E-state index contributed by atoms with van der Waals surface area (Å²) in [6, 6.07) is 1.56. The summed E-state index contributed by atoms with van der Waals surface area (Å²) in [5.41, 5.74) is 0. The zero-order valence-electron chi connectivity index (χ0n) is 11.9. The Bertz CT molecular complexity index is 206. The Balaban J connectivity index is 1.79. The minimum Gasteiger partial charge on any atom is -0.311 e. The van der Waals surface area contributed by atoms with Crippen LogP contribution in [0.25, 0.3) is 0 Å². The Kier molecular flexibility index (Phi) is 5.34. The van der Waals surface area contributed by atoms with Gasteiger partial charge in [0.1, 0.15) is 0 Å². The lowest BCUT2D eigenvalue weighted by Crippen LogP contribution is -2.45. The minimum atomic E-state index is 0.749. The van der Waals surface area contributed by atoms with E-state index in [1.54, 1.807) is 0 Å². The van der Waals surface area contributed by atoms with Crippen LogP contribution in [0.1, 0.15) is 78.1 Å². The lowest BCUT2D eigenvalue weighted by Gasteiger charge is -2.35. The summed E-state index contributed by atoms with van der Waals surface area (Å²) in [5, 5.41) is 3.97. The fourth-order valence-electron chi connectivity index (χ4n) is 3.85. The van der Waals surface area contributed by atoms with Gasteiger partial charge in [0.2, 0.25) is 0 Å². The van der Waals surface area contributed by atoms with Crippen LogP contribution in [0.4, 0.5) is 0 Å². The van der Waals surface area contributed by atoms with Crippen LogP contribution in [-0.4, -0.2) is 12.1 Å². The molecular formula is C16H31N. The van der Waals surface area contributed by atoms with Crippen molar-refractivity contribution in [1.82, 2.24) is 5.32 Å². The van der Waals surface area contributed by atoms with Crippen LogP contribution < -0.4 is 5.32 Å². The van der Waals surface area contributed by atoms with E-state index in [4.69, 9.17) is 0 Å². The normalized spacial score (nSPS) is 34.2. The van der Waals surface area contributed by atoms with E-state index >= 15 is 0 Å². The van der Waals surface area contributed by atoms with E-state index in [-0.39, 0.29) is 0 Å². The van der Waals surface area contributed by atoms with Gasteiger partial charge in [0.15, 0.2) is 0 Å². The Hall–Kier alpha value is -0.0400. The van der Waals surface area contributed by atoms with Crippen molar-refractivity contribution >= 4 is 0 Å². The van der Waals surface area contributed by atoms with Crippen molar-refractivity contribution in [3.63, 3.8) is 0 Å². The lowest BCUT2D eigenvalue weighted by atomic mass is 9.84. The molecule has 17 heavy (non-hydrogen) atoms. The summed E-state index contributed by atoms with van der Waals surface area (Å²) in [7, 11) is 0. The maximum atomic E-state index is 3.97. The van der Waals surface area contributed by atoms with E-state index in [1.165, 1.54) is 64.2 Å². The standard InChI is InChI=1S/C16H31N/c1-13-9-7-8-12-16(13)17-14(2)15-10-5-3-4-6-11-15/h13-17H,3-12H2,1-2H3/t13?,14-,16?/m0/s1. The van der Waals surface area contributed by atoms with Crippen molar-refractivity contribution in [1.29, 1.82) is 0 Å². The molecular weight excluding hydrogens is 206 g/mol. The first kappa shape index (κ1) is 13.4. The van der Waals surface area contributed by atoms with Crippen LogP contribution in [0.3, 0.4) is 0 Å². The average molecular weight is 237 g/mol. The molecule has 1 nitrogen and oxygen atoms in total. The minimum absolute atomic E-state index is 0.749. The first-order chi connectivity index (χ1) is 8.27. The zero-order chi connectivity index (χ0) is 12.1. The Labute approximate surface area is 108 Å². The predicted molar refractivity (Wildman–Crippen MR) is 75.2 cm³/mol. The molecule has 0 bridgehead atoms. The highest BCUT2D eigenvalue weighted by molar-refractivity contribution is 4.83. The fourth-order valence-corrected chi connectivity index (χ4v) is 3.85. The van der Waals surface area contributed by atoms with Gasteiger partial charge >= 0.3 is 0 Å². The van der Waals surface area contributed by atoms with Gasteiger partial charge in [-0.05, 0) is 44.4 Å². The monoisotopic (exact) mass is 237 g/mol. The molecule has 0 amide bonds. The van der Waals surface area contributed by atoms with Crippen LogP contribution in [-0.2, 0) is 0 Å². The van der Waals surface area contributed by atoms with E-state index in [2.05, 4.69) is 19.2 Å². The molecule has 2 unspecified atom stereocenters. The highest BCUT2D eigenvalue weighted by Gasteiger charge is 2.26. The lowest BCUT2D eigenvalue weighted by molar-refractivity contribution is 0.226. The maximum absolute atomic E-state index is 3.97. The van der Waals surface area contributed by atoms with E-state index in [0.717, 1.165) is 23.9 Å². The Morgan fingerprint density at radius 2 is 1.41 bits per heavy atom. The van der Waals surface area contributed by atoms with Gasteiger partial charge in [0, 0.05) is 12.1 Å². The van der Waals surface area contributed by atoms with Crippen molar-refractivity contribution in [3.05, 3.63) is 0 Å². The molecule has 0 heterocycles. The van der Waals surface area contributed by atoms with Crippen molar-refractivity contribution in [2.24, 2.45) is 11.8 Å². The van der Waals surface area contributed by atoms with E-state index in [0.29, 0.717) is 0 Å². The van der Waals surface area contributed by atoms with Gasteiger partial charge in [0.05, 0.1) is 0 Å². The second kappa shape index (κ2) is 6.78. The van der Waals surface area contributed by atoms with Gasteiger partial charge in [-0.3, -0.25) is 0 Å². The molecule has 0 saturated heterocycles. The summed E-state index contributed by atoms with van der Waals surface area (Å²) in [6.45, 7) is 4.88. The van der Waals surface area contributed by atoms with Crippen molar-refractivity contribution < 1.29 is 0 Å². The van der Waals surface area contributed by atoms with E-state index in [1.807, 2.05) is 0 Å². The quantitative estimate of drug-likeness (QED) is 0.712. The molecule has 1 N–H and O–H groups in total. The molecule has 100 valence electrons. The number of nitrogens with one attached hydrogen (secondary N) is 1. The molecule has 0 aromatic heterocycles. The number of rotatable bonds is 3. The highest BCUT2D eigenvalue weighted by Crippen LogP contribution is 2.28. The molecule has 2 aliphatic carbocycles. The van der Waals surface area contributed by atoms with Crippen LogP contribution >= 0.6 is 0 Å². The van der Waals surface area contributed by atoms with Crippen molar-refractivity contribution in [2.75, 3.05) is 0 Å². The molecule has 2 aliphatic rings. The summed E-state index contributed by atoms with van der Waals surface area (Å²) in [6.07, 6.45) is 14.6. The van der Waals surface area contributed by atoms with E-state index in [9.17, 15) is 0 Å². The third-order valence-corrected chi connectivity index (χ3v) is 5.20. The Morgan fingerprint density at radius 1 is 0.824 bits per heavy atom. The zero-order valence-corrected chi connectivity index (χ0v) is 11.9. The topological polar surface area (TPSA) is 12.0 Å². The molecule has 0 radical (unpaired) electrons. The van der Waals surface area contributed by atoms with Crippen LogP contribution in [0.15, 0.2) is 0 Å². The summed E-state index contributed by atoms with van der Waals surface area (Å²) >= 11 is 0. The summed E-state index contributed by atoms with van der Waals surface area (Å²) in [4.78, 5) is 0. The van der Waals surface area contributed by atoms with Gasteiger partial charge in [-0.1, -0.05) is 45.4 Å². The molecule has 0 aliphatic heterocycles. The smallest absolute Gasteiger partial charge is 0.00952 e. The largest absolute Gasteiger partial charge is 0.311 e. The molecule has 2 saturated carbocycles. The third kappa shape index (κ3) is 3.98. The molecule has 2 fully saturated rings. The van der Waals surface area contributed by atoms with Crippen molar-refractivity contribution in [3.8, 4) is 0 Å². The van der Waals surface area contributed by atoms with Crippen molar-refractivity contribution in [2.45, 2.75) is 90.1 Å². The van der Waals surface area contributed by atoms with Gasteiger partial charge in [-0.25, -0.2) is 0 Å². The second-order valence-corrected chi connectivity index (χ2v) is 6.58. The van der Waals surface area contributed by atoms with Crippen LogP contribution in [0.5, 0.6) is 0 Å². The highest BCUT2D eigenvalue weighted by atomic mass is 15.0. The first-order valence-electron chi connectivity index (χ1n) is 8.03. The predicted octanol–water partition coefficient (Wildman–Crippen LogP) is 4.51. The van der Waals surface area contributed by atoms with Gasteiger partial charge < -0.3 is 5.32 Å². The fraction of sp³-hybridized carbons (Fsp3) is 1.00. The summed E-state index contributed by atoms with van der Waals surface area (Å²) in [5.74, 6) is 1.85. The molecule has 0 aromatic carbocycles. The molecule has 3 atom stereocenters. The Morgan fingerprint density at radius 3 is 2.06 bits per heavy atom. The molecule has 1 heteroatoms. The third-order valence-electron chi connectivity index (χ3n) is 5.20. The maximum Gasteiger partial charge on any atom is 0.00952 e. The van der Waals surface area contributed by atoms with Gasteiger partial charge in [-0.2, -0.15) is 0 Å². The molecule has 0 spiro atoms. The van der Waals surface area contributed by atoms with E-state index < -0.39 is 0 Å².